The predicted molar refractivity (Wildman–Crippen MR) is 149 cm³/mol. The summed E-state index contributed by atoms with van der Waals surface area (Å²) in [6.07, 6.45) is 4.42. The largest absolute Gasteiger partial charge is 0.316 e. The molecule has 3 nitrogen and oxygen atoms in total. The maximum Gasteiger partial charge on any atom is 0.0731 e. The first-order valence-electron chi connectivity index (χ1n) is 12.2. The Balaban J connectivity index is 1.41. The van der Waals surface area contributed by atoms with E-state index < -0.39 is 0 Å². The lowest BCUT2D eigenvalue weighted by Gasteiger charge is -2.04. The van der Waals surface area contributed by atoms with Crippen molar-refractivity contribution in [2.75, 3.05) is 0 Å². The molecule has 3 heterocycles. The SMILES string of the molecule is c1ccc(-n2cc(-c3cccc(-c4cn(-c5ccccc5)c5ccccc45)n3)c3ccccc32)cc1. The third-order valence-electron chi connectivity index (χ3n) is 6.79. The van der Waals surface area contributed by atoms with Crippen LogP contribution in [-0.4, -0.2) is 14.1 Å². The van der Waals surface area contributed by atoms with Gasteiger partial charge in [-0.2, -0.15) is 0 Å². The predicted octanol–water partition coefficient (Wildman–Crippen LogP) is 8.30. The van der Waals surface area contributed by atoms with E-state index in [9.17, 15) is 0 Å². The van der Waals surface area contributed by atoms with E-state index in [0.717, 1.165) is 33.9 Å². The summed E-state index contributed by atoms with van der Waals surface area (Å²) in [6.45, 7) is 0. The highest BCUT2D eigenvalue weighted by atomic mass is 15.0. The van der Waals surface area contributed by atoms with Gasteiger partial charge in [0.1, 0.15) is 0 Å². The Morgan fingerprint density at radius 3 is 1.28 bits per heavy atom. The minimum Gasteiger partial charge on any atom is -0.316 e. The van der Waals surface area contributed by atoms with Crippen molar-refractivity contribution in [3.63, 3.8) is 0 Å². The summed E-state index contributed by atoms with van der Waals surface area (Å²) in [4.78, 5) is 5.20. The van der Waals surface area contributed by atoms with Crippen molar-refractivity contribution in [3.8, 4) is 33.9 Å². The highest BCUT2D eigenvalue weighted by Crippen LogP contribution is 2.35. The third kappa shape index (κ3) is 3.33. The molecule has 0 N–H and O–H groups in total. The van der Waals surface area contributed by atoms with Gasteiger partial charge in [-0.1, -0.05) is 78.9 Å². The number of aromatic nitrogens is 3. The van der Waals surface area contributed by atoms with E-state index in [1.54, 1.807) is 0 Å². The van der Waals surface area contributed by atoms with Gasteiger partial charge in [-0.15, -0.1) is 0 Å². The zero-order valence-electron chi connectivity index (χ0n) is 19.6. The van der Waals surface area contributed by atoms with Crippen LogP contribution in [0.25, 0.3) is 55.7 Å². The Morgan fingerprint density at radius 1 is 0.389 bits per heavy atom. The van der Waals surface area contributed by atoms with Gasteiger partial charge >= 0.3 is 0 Å². The van der Waals surface area contributed by atoms with Crippen LogP contribution < -0.4 is 0 Å². The average Bonchev–Trinajstić information content (AvgIpc) is 3.54. The van der Waals surface area contributed by atoms with E-state index in [1.165, 1.54) is 21.8 Å². The van der Waals surface area contributed by atoms with Crippen LogP contribution in [0.4, 0.5) is 0 Å². The number of rotatable bonds is 4. The van der Waals surface area contributed by atoms with Crippen molar-refractivity contribution in [1.29, 1.82) is 0 Å². The van der Waals surface area contributed by atoms with Gasteiger partial charge in [-0.25, -0.2) is 4.98 Å². The van der Waals surface area contributed by atoms with Crippen LogP contribution >= 0.6 is 0 Å². The molecule has 3 heteroatoms. The number of nitrogens with zero attached hydrogens (tertiary/aromatic N) is 3. The molecule has 0 fully saturated rings. The molecule has 0 saturated carbocycles. The van der Waals surface area contributed by atoms with E-state index in [2.05, 4.69) is 137 Å². The first kappa shape index (κ1) is 20.5. The lowest BCUT2D eigenvalue weighted by molar-refractivity contribution is 1.12. The topological polar surface area (TPSA) is 22.8 Å². The number of hydrogen-bond donors (Lipinski definition) is 0. The second-order valence-electron chi connectivity index (χ2n) is 8.94. The lowest BCUT2D eigenvalue weighted by atomic mass is 10.1. The zero-order chi connectivity index (χ0) is 23.9. The van der Waals surface area contributed by atoms with E-state index in [-0.39, 0.29) is 0 Å². The number of hydrogen-bond acceptors (Lipinski definition) is 1. The molecule has 7 aromatic rings. The van der Waals surface area contributed by atoms with Crippen LogP contribution in [0.1, 0.15) is 0 Å². The second-order valence-corrected chi connectivity index (χ2v) is 8.94. The van der Waals surface area contributed by atoms with Crippen molar-refractivity contribution >= 4 is 21.8 Å². The average molecular weight is 462 g/mol. The number of fused-ring (bicyclic) bond motifs is 2. The molecule has 0 amide bonds. The fraction of sp³-hybridized carbons (Fsp3) is 0. The molecule has 0 aliphatic heterocycles. The molecule has 0 saturated heterocycles. The molecule has 0 aliphatic rings. The fourth-order valence-corrected chi connectivity index (χ4v) is 5.11. The molecule has 0 unspecified atom stereocenters. The molecule has 3 aromatic heterocycles. The van der Waals surface area contributed by atoms with Crippen LogP contribution in [0.2, 0.25) is 0 Å². The normalized spacial score (nSPS) is 11.3. The van der Waals surface area contributed by atoms with Gasteiger partial charge in [0.05, 0.1) is 22.4 Å². The maximum absolute atomic E-state index is 5.20. The zero-order valence-corrected chi connectivity index (χ0v) is 19.6. The molecule has 4 aromatic carbocycles. The van der Waals surface area contributed by atoms with Gasteiger partial charge in [0.15, 0.2) is 0 Å². The van der Waals surface area contributed by atoms with E-state index in [0.29, 0.717) is 0 Å². The van der Waals surface area contributed by atoms with Crippen LogP contribution in [0.3, 0.4) is 0 Å². The number of para-hydroxylation sites is 4. The number of benzene rings is 4. The van der Waals surface area contributed by atoms with Crippen molar-refractivity contribution < 1.29 is 0 Å². The van der Waals surface area contributed by atoms with Gasteiger partial charge in [0, 0.05) is 45.7 Å². The molecule has 7 rings (SSSR count). The molecule has 36 heavy (non-hydrogen) atoms. The smallest absolute Gasteiger partial charge is 0.0731 e. The van der Waals surface area contributed by atoms with Gasteiger partial charge in [-0.3, -0.25) is 0 Å². The van der Waals surface area contributed by atoms with E-state index in [1.807, 2.05) is 12.1 Å². The molecule has 0 aliphatic carbocycles. The Kier molecular flexibility index (Phi) is 4.78. The van der Waals surface area contributed by atoms with Crippen LogP contribution in [-0.2, 0) is 0 Å². The molecule has 0 bridgehead atoms. The van der Waals surface area contributed by atoms with Crippen molar-refractivity contribution in [1.82, 2.24) is 14.1 Å². The summed E-state index contributed by atoms with van der Waals surface area (Å²) in [5, 5.41) is 2.38. The van der Waals surface area contributed by atoms with E-state index in [4.69, 9.17) is 4.98 Å². The summed E-state index contributed by atoms with van der Waals surface area (Å²) >= 11 is 0. The van der Waals surface area contributed by atoms with Crippen LogP contribution in [0.5, 0.6) is 0 Å². The summed E-state index contributed by atoms with van der Waals surface area (Å²) in [5.74, 6) is 0. The van der Waals surface area contributed by atoms with E-state index >= 15 is 0 Å². The molecular weight excluding hydrogens is 438 g/mol. The molecule has 170 valence electrons. The van der Waals surface area contributed by atoms with Gasteiger partial charge in [0.25, 0.3) is 0 Å². The summed E-state index contributed by atoms with van der Waals surface area (Å²) in [7, 11) is 0. The third-order valence-corrected chi connectivity index (χ3v) is 6.79. The first-order valence-corrected chi connectivity index (χ1v) is 12.2. The Bertz CT molecular complexity index is 1690. The van der Waals surface area contributed by atoms with Gasteiger partial charge in [0.2, 0.25) is 0 Å². The van der Waals surface area contributed by atoms with Crippen LogP contribution in [0, 0.1) is 0 Å². The van der Waals surface area contributed by atoms with Crippen molar-refractivity contribution in [2.24, 2.45) is 0 Å². The highest BCUT2D eigenvalue weighted by molar-refractivity contribution is 5.98. The second kappa shape index (κ2) is 8.40. The highest BCUT2D eigenvalue weighted by Gasteiger charge is 2.16. The monoisotopic (exact) mass is 461 g/mol. The van der Waals surface area contributed by atoms with Crippen LogP contribution in [0.15, 0.2) is 140 Å². The number of pyridine rings is 1. The quantitative estimate of drug-likeness (QED) is 0.258. The van der Waals surface area contributed by atoms with Gasteiger partial charge < -0.3 is 9.13 Å². The molecular formula is C33H23N3. The first-order chi connectivity index (χ1) is 17.9. The summed E-state index contributed by atoms with van der Waals surface area (Å²) < 4.78 is 4.50. The van der Waals surface area contributed by atoms with Gasteiger partial charge in [-0.05, 0) is 48.5 Å². The molecule has 0 spiro atoms. The minimum absolute atomic E-state index is 0.968. The maximum atomic E-state index is 5.20. The Hall–Kier alpha value is -4.89. The van der Waals surface area contributed by atoms with Crippen molar-refractivity contribution in [3.05, 3.63) is 140 Å². The fourth-order valence-electron chi connectivity index (χ4n) is 5.11. The molecule has 0 atom stereocenters. The molecule has 0 radical (unpaired) electrons. The standard InChI is InChI=1S/C33H23N3/c1-3-12-24(13-4-1)35-22-28(26-16-7-9-20-32(26)35)30-18-11-19-31(34-30)29-23-36(25-14-5-2-6-15-25)33-21-10-8-17-27(29)33/h1-23H. The Labute approximate surface area is 209 Å². The summed E-state index contributed by atoms with van der Waals surface area (Å²) in [5.41, 5.74) is 8.82. The van der Waals surface area contributed by atoms with Crippen molar-refractivity contribution in [2.45, 2.75) is 0 Å². The lowest BCUT2D eigenvalue weighted by Crippen LogP contribution is -1.91. The minimum atomic E-state index is 0.968. The summed E-state index contributed by atoms with van der Waals surface area (Å²) in [6, 6.07) is 44.3. The Morgan fingerprint density at radius 2 is 0.806 bits per heavy atom.